The second-order valence-electron chi connectivity index (χ2n) is 7.23. The molecular weight excluding hydrogens is 354 g/mol. The first-order chi connectivity index (χ1) is 13.4. The number of anilines is 2. The molecule has 2 N–H and O–H groups in total. The molecule has 1 fully saturated rings. The average Bonchev–Trinajstić information content (AvgIpc) is 3.08. The van der Waals surface area contributed by atoms with E-state index in [1.54, 1.807) is 4.90 Å². The molecule has 148 valence electrons. The van der Waals surface area contributed by atoms with Crippen LogP contribution in [0.4, 0.5) is 16.2 Å². The van der Waals surface area contributed by atoms with Crippen LogP contribution in [0.1, 0.15) is 30.9 Å². The van der Waals surface area contributed by atoms with Crippen LogP contribution in [0.15, 0.2) is 42.5 Å². The fraction of sp³-hybridized carbons (Fsp3) is 0.364. The van der Waals surface area contributed by atoms with E-state index < -0.39 is 0 Å². The molecule has 1 saturated heterocycles. The molecule has 6 nitrogen and oxygen atoms in total. The van der Waals surface area contributed by atoms with Crippen LogP contribution >= 0.6 is 0 Å². The Kier molecular flexibility index (Phi) is 6.19. The Labute approximate surface area is 165 Å². The molecule has 0 spiro atoms. The predicted molar refractivity (Wildman–Crippen MR) is 111 cm³/mol. The SMILES string of the molecule is Cc1ccccc1OCC(C)NC(=O)Nc1ccc(C)c(N2CCCC2=O)c1. The number of carbonyl (C=O) groups is 2. The first kappa shape index (κ1) is 19.7. The second-order valence-corrected chi connectivity index (χ2v) is 7.23. The number of para-hydroxylation sites is 1. The van der Waals surface area contributed by atoms with Gasteiger partial charge in [-0.05, 0) is 56.5 Å². The van der Waals surface area contributed by atoms with E-state index >= 15 is 0 Å². The Morgan fingerprint density at radius 3 is 2.68 bits per heavy atom. The average molecular weight is 381 g/mol. The van der Waals surface area contributed by atoms with Gasteiger partial charge in [-0.1, -0.05) is 24.3 Å². The lowest BCUT2D eigenvalue weighted by atomic mass is 10.1. The number of hydrogen-bond donors (Lipinski definition) is 2. The maximum Gasteiger partial charge on any atom is 0.319 e. The molecule has 1 heterocycles. The van der Waals surface area contributed by atoms with E-state index in [4.69, 9.17) is 4.74 Å². The van der Waals surface area contributed by atoms with Gasteiger partial charge in [-0.3, -0.25) is 4.79 Å². The summed E-state index contributed by atoms with van der Waals surface area (Å²) in [7, 11) is 0. The number of rotatable bonds is 6. The zero-order valence-corrected chi connectivity index (χ0v) is 16.6. The smallest absolute Gasteiger partial charge is 0.319 e. The van der Waals surface area contributed by atoms with E-state index in [0.717, 1.165) is 35.5 Å². The normalized spacial score (nSPS) is 14.7. The van der Waals surface area contributed by atoms with E-state index in [9.17, 15) is 9.59 Å². The summed E-state index contributed by atoms with van der Waals surface area (Å²) in [5.41, 5.74) is 3.59. The Hall–Kier alpha value is -3.02. The molecule has 2 aromatic rings. The van der Waals surface area contributed by atoms with E-state index in [0.29, 0.717) is 18.7 Å². The highest BCUT2D eigenvalue weighted by atomic mass is 16.5. The number of carbonyl (C=O) groups excluding carboxylic acids is 2. The largest absolute Gasteiger partial charge is 0.491 e. The highest BCUT2D eigenvalue weighted by molar-refractivity contribution is 5.97. The highest BCUT2D eigenvalue weighted by Gasteiger charge is 2.23. The van der Waals surface area contributed by atoms with Crippen molar-refractivity contribution in [1.82, 2.24) is 5.32 Å². The fourth-order valence-corrected chi connectivity index (χ4v) is 3.25. The van der Waals surface area contributed by atoms with Gasteiger partial charge < -0.3 is 20.3 Å². The summed E-state index contributed by atoms with van der Waals surface area (Å²) < 4.78 is 5.78. The summed E-state index contributed by atoms with van der Waals surface area (Å²) in [5.74, 6) is 0.946. The van der Waals surface area contributed by atoms with Gasteiger partial charge in [0.2, 0.25) is 5.91 Å². The molecule has 0 bridgehead atoms. The summed E-state index contributed by atoms with van der Waals surface area (Å²) in [4.78, 5) is 26.1. The van der Waals surface area contributed by atoms with Gasteiger partial charge in [-0.25, -0.2) is 4.79 Å². The Bertz CT molecular complexity index is 866. The number of hydrogen-bond acceptors (Lipinski definition) is 3. The quantitative estimate of drug-likeness (QED) is 0.794. The molecule has 0 radical (unpaired) electrons. The topological polar surface area (TPSA) is 70.7 Å². The molecule has 6 heteroatoms. The number of amides is 3. The number of nitrogens with one attached hydrogen (secondary N) is 2. The van der Waals surface area contributed by atoms with Gasteiger partial charge in [0.1, 0.15) is 12.4 Å². The standard InChI is InChI=1S/C22H27N3O3/c1-15-10-11-18(13-19(15)25-12-6-9-21(25)26)24-22(27)23-17(3)14-28-20-8-5-4-7-16(20)2/h4-5,7-8,10-11,13,17H,6,9,12,14H2,1-3H3,(H2,23,24,27). The first-order valence-corrected chi connectivity index (χ1v) is 9.61. The Morgan fingerprint density at radius 2 is 1.96 bits per heavy atom. The molecule has 2 aromatic carbocycles. The van der Waals surface area contributed by atoms with Crippen molar-refractivity contribution in [3.8, 4) is 5.75 Å². The lowest BCUT2D eigenvalue weighted by Gasteiger charge is -2.20. The van der Waals surface area contributed by atoms with Gasteiger partial charge in [0.15, 0.2) is 0 Å². The Morgan fingerprint density at radius 1 is 1.18 bits per heavy atom. The zero-order valence-electron chi connectivity index (χ0n) is 16.6. The number of nitrogens with zero attached hydrogens (tertiary/aromatic N) is 1. The van der Waals surface area contributed by atoms with Gasteiger partial charge in [-0.15, -0.1) is 0 Å². The van der Waals surface area contributed by atoms with E-state index in [1.165, 1.54) is 0 Å². The predicted octanol–water partition coefficient (Wildman–Crippen LogP) is 4.02. The van der Waals surface area contributed by atoms with E-state index in [2.05, 4.69) is 10.6 Å². The summed E-state index contributed by atoms with van der Waals surface area (Å²) in [5, 5.41) is 5.72. The summed E-state index contributed by atoms with van der Waals surface area (Å²) in [6.07, 6.45) is 1.45. The molecule has 1 unspecified atom stereocenters. The minimum absolute atomic E-state index is 0.131. The number of aryl methyl sites for hydroxylation is 2. The van der Waals surface area contributed by atoms with Crippen molar-refractivity contribution in [3.63, 3.8) is 0 Å². The molecular formula is C22H27N3O3. The molecule has 0 aromatic heterocycles. The monoisotopic (exact) mass is 381 g/mol. The van der Waals surface area contributed by atoms with Crippen molar-refractivity contribution in [3.05, 3.63) is 53.6 Å². The lowest BCUT2D eigenvalue weighted by Crippen LogP contribution is -2.39. The van der Waals surface area contributed by atoms with Gasteiger partial charge in [-0.2, -0.15) is 0 Å². The van der Waals surface area contributed by atoms with Crippen molar-refractivity contribution in [2.45, 2.75) is 39.7 Å². The maximum atomic E-state index is 12.3. The third-order valence-electron chi connectivity index (χ3n) is 4.79. The minimum atomic E-state index is -0.302. The fourth-order valence-electron chi connectivity index (χ4n) is 3.25. The summed E-state index contributed by atoms with van der Waals surface area (Å²) in [6, 6.07) is 12.9. The lowest BCUT2D eigenvalue weighted by molar-refractivity contribution is -0.117. The van der Waals surface area contributed by atoms with Crippen LogP contribution in [0, 0.1) is 13.8 Å². The van der Waals surface area contributed by atoms with E-state index in [-0.39, 0.29) is 18.0 Å². The zero-order chi connectivity index (χ0) is 20.1. The van der Waals surface area contributed by atoms with Crippen molar-refractivity contribution in [1.29, 1.82) is 0 Å². The van der Waals surface area contributed by atoms with Crippen LogP contribution < -0.4 is 20.3 Å². The molecule has 1 aliphatic rings. The van der Waals surface area contributed by atoms with Crippen LogP contribution in [-0.2, 0) is 4.79 Å². The first-order valence-electron chi connectivity index (χ1n) is 9.61. The van der Waals surface area contributed by atoms with Crippen LogP contribution in [0.25, 0.3) is 0 Å². The maximum absolute atomic E-state index is 12.3. The Balaban J connectivity index is 1.55. The van der Waals surface area contributed by atoms with Crippen molar-refractivity contribution >= 4 is 23.3 Å². The molecule has 3 amide bonds. The molecule has 1 atom stereocenters. The van der Waals surface area contributed by atoms with Crippen molar-refractivity contribution in [2.24, 2.45) is 0 Å². The van der Waals surface area contributed by atoms with Gasteiger partial charge in [0.25, 0.3) is 0 Å². The molecule has 0 saturated carbocycles. The van der Waals surface area contributed by atoms with Gasteiger partial charge in [0, 0.05) is 24.3 Å². The van der Waals surface area contributed by atoms with Crippen molar-refractivity contribution in [2.75, 3.05) is 23.4 Å². The summed E-state index contributed by atoms with van der Waals surface area (Å²) in [6.45, 7) is 6.94. The highest BCUT2D eigenvalue weighted by Crippen LogP contribution is 2.28. The van der Waals surface area contributed by atoms with Crippen molar-refractivity contribution < 1.29 is 14.3 Å². The van der Waals surface area contributed by atoms with Crippen LogP contribution in [0.3, 0.4) is 0 Å². The number of ether oxygens (including phenoxy) is 1. The molecule has 1 aliphatic heterocycles. The molecule has 3 rings (SSSR count). The second kappa shape index (κ2) is 8.78. The van der Waals surface area contributed by atoms with Crippen LogP contribution in [0.5, 0.6) is 5.75 Å². The van der Waals surface area contributed by atoms with Gasteiger partial charge >= 0.3 is 6.03 Å². The third kappa shape index (κ3) is 4.82. The molecule has 28 heavy (non-hydrogen) atoms. The van der Waals surface area contributed by atoms with Crippen LogP contribution in [0.2, 0.25) is 0 Å². The van der Waals surface area contributed by atoms with Gasteiger partial charge in [0.05, 0.1) is 6.04 Å². The number of benzene rings is 2. The summed E-state index contributed by atoms with van der Waals surface area (Å²) >= 11 is 0. The third-order valence-corrected chi connectivity index (χ3v) is 4.79. The molecule has 0 aliphatic carbocycles. The van der Waals surface area contributed by atoms with E-state index in [1.807, 2.05) is 63.2 Å². The minimum Gasteiger partial charge on any atom is -0.491 e. The number of urea groups is 1. The van der Waals surface area contributed by atoms with Crippen LogP contribution in [-0.4, -0.2) is 31.1 Å².